The highest BCUT2D eigenvalue weighted by molar-refractivity contribution is 7.06. The summed E-state index contributed by atoms with van der Waals surface area (Å²) < 4.78 is 4.39. The Balaban J connectivity index is 1.56. The second-order valence-electron chi connectivity index (χ2n) is 7.45. The van der Waals surface area contributed by atoms with Gasteiger partial charge in [-0.2, -0.15) is 4.37 Å². The van der Waals surface area contributed by atoms with Crippen LogP contribution in [0.1, 0.15) is 43.9 Å². The predicted octanol–water partition coefficient (Wildman–Crippen LogP) is 4.33. The molecule has 2 heterocycles. The third kappa shape index (κ3) is 4.50. The molecule has 0 unspecified atom stereocenters. The summed E-state index contributed by atoms with van der Waals surface area (Å²) in [4.78, 5) is 37.1. The van der Waals surface area contributed by atoms with Crippen LogP contribution in [0.5, 0.6) is 0 Å². The minimum atomic E-state index is -0.256. The van der Waals surface area contributed by atoms with Crippen molar-refractivity contribution < 1.29 is 9.59 Å². The summed E-state index contributed by atoms with van der Waals surface area (Å²) in [5.41, 5.74) is 4.71. The first-order valence-corrected chi connectivity index (χ1v) is 11.1. The lowest BCUT2D eigenvalue weighted by molar-refractivity contribution is 0.0802. The van der Waals surface area contributed by atoms with Crippen molar-refractivity contribution in [3.8, 4) is 0 Å². The molecule has 32 heavy (non-hydrogen) atoms. The summed E-state index contributed by atoms with van der Waals surface area (Å²) >= 11 is 1.29. The highest BCUT2D eigenvalue weighted by Crippen LogP contribution is 2.24. The van der Waals surface area contributed by atoms with E-state index in [0.717, 1.165) is 21.6 Å². The zero-order valence-corrected chi connectivity index (χ0v) is 18.9. The van der Waals surface area contributed by atoms with Crippen molar-refractivity contribution in [1.82, 2.24) is 19.2 Å². The number of hydrogen-bond donors (Lipinski definition) is 1. The van der Waals surface area contributed by atoms with Crippen molar-refractivity contribution in [2.45, 2.75) is 20.3 Å². The lowest BCUT2D eigenvalue weighted by Gasteiger charge is -2.15. The van der Waals surface area contributed by atoms with Crippen LogP contribution in [0.4, 0.5) is 5.69 Å². The Morgan fingerprint density at radius 3 is 2.66 bits per heavy atom. The molecule has 0 spiro atoms. The molecule has 2 aromatic heterocycles. The monoisotopic (exact) mass is 445 g/mol. The van der Waals surface area contributed by atoms with Crippen LogP contribution in [0.25, 0.3) is 11.0 Å². The van der Waals surface area contributed by atoms with E-state index < -0.39 is 0 Å². The van der Waals surface area contributed by atoms with E-state index in [0.29, 0.717) is 35.5 Å². The third-order valence-electron chi connectivity index (χ3n) is 5.19. The van der Waals surface area contributed by atoms with E-state index in [9.17, 15) is 9.59 Å². The highest BCUT2D eigenvalue weighted by atomic mass is 32.1. The second-order valence-corrected chi connectivity index (χ2v) is 8.31. The maximum atomic E-state index is 13.1. The van der Waals surface area contributed by atoms with E-state index in [1.54, 1.807) is 42.4 Å². The third-order valence-corrected chi connectivity index (χ3v) is 6.12. The number of nitrogens with one attached hydrogen (secondary N) is 1. The fourth-order valence-electron chi connectivity index (χ4n) is 3.36. The molecule has 0 saturated heterocycles. The zero-order valence-electron chi connectivity index (χ0n) is 18.1. The summed E-state index contributed by atoms with van der Waals surface area (Å²) in [6, 6.07) is 14.6. The predicted molar refractivity (Wildman–Crippen MR) is 126 cm³/mol. The van der Waals surface area contributed by atoms with E-state index in [2.05, 4.69) is 19.7 Å². The number of hydrogen-bond acceptors (Lipinski definition) is 6. The first-order valence-electron chi connectivity index (χ1n) is 10.3. The van der Waals surface area contributed by atoms with E-state index in [-0.39, 0.29) is 11.8 Å². The number of aromatic nitrogens is 3. The molecule has 4 aromatic rings. The smallest absolute Gasteiger partial charge is 0.258 e. The summed E-state index contributed by atoms with van der Waals surface area (Å²) in [5, 5.41) is 2.91. The van der Waals surface area contributed by atoms with Crippen LogP contribution in [0, 0.1) is 6.92 Å². The number of benzene rings is 2. The molecule has 4 rings (SSSR count). The molecule has 0 saturated carbocycles. The van der Waals surface area contributed by atoms with Gasteiger partial charge in [-0.15, -0.1) is 0 Å². The quantitative estimate of drug-likeness (QED) is 0.477. The lowest BCUT2D eigenvalue weighted by atomic mass is 10.1. The van der Waals surface area contributed by atoms with Crippen LogP contribution in [-0.4, -0.2) is 44.6 Å². The van der Waals surface area contributed by atoms with Gasteiger partial charge in [0.2, 0.25) is 0 Å². The van der Waals surface area contributed by atoms with Gasteiger partial charge in [0, 0.05) is 42.3 Å². The SMILES string of the molecule is CCN(C)C(=O)c1cccc(NC(=O)c2c(C)nsc2Cc2cnc3ccccc3n2)c1. The van der Waals surface area contributed by atoms with E-state index in [4.69, 9.17) is 0 Å². The number of aryl methyl sites for hydroxylation is 1. The van der Waals surface area contributed by atoms with Gasteiger partial charge < -0.3 is 10.2 Å². The van der Waals surface area contributed by atoms with Gasteiger partial charge in [0.1, 0.15) is 0 Å². The van der Waals surface area contributed by atoms with E-state index >= 15 is 0 Å². The van der Waals surface area contributed by atoms with Crippen LogP contribution < -0.4 is 5.32 Å². The van der Waals surface area contributed by atoms with Crippen molar-refractivity contribution in [2.24, 2.45) is 0 Å². The number of rotatable bonds is 6. The van der Waals surface area contributed by atoms with E-state index in [1.807, 2.05) is 38.1 Å². The van der Waals surface area contributed by atoms with Crippen LogP contribution in [0.3, 0.4) is 0 Å². The molecule has 8 heteroatoms. The van der Waals surface area contributed by atoms with Gasteiger partial charge in [0.15, 0.2) is 0 Å². The second kappa shape index (κ2) is 9.23. The molecule has 0 fully saturated rings. The molecule has 0 bridgehead atoms. The number of carbonyl (C=O) groups is 2. The minimum absolute atomic E-state index is 0.0902. The number of nitrogens with zero attached hydrogens (tertiary/aromatic N) is 4. The normalized spacial score (nSPS) is 10.8. The van der Waals surface area contributed by atoms with E-state index in [1.165, 1.54) is 11.5 Å². The van der Waals surface area contributed by atoms with Crippen molar-refractivity contribution in [1.29, 1.82) is 0 Å². The standard InChI is InChI=1S/C24H23N5O2S/c1-4-29(3)24(31)16-8-7-9-17(12-16)27-23(30)22-15(2)28-32-21(22)13-18-14-25-19-10-5-6-11-20(19)26-18/h5-12,14H,4,13H2,1-3H3,(H,27,30). The molecule has 0 aliphatic carbocycles. The number of carbonyl (C=O) groups excluding carboxylic acids is 2. The Kier molecular flexibility index (Phi) is 6.23. The number of anilines is 1. The fraction of sp³-hybridized carbons (Fsp3) is 0.208. The molecular formula is C24H23N5O2S. The van der Waals surface area contributed by atoms with Crippen molar-refractivity contribution in [2.75, 3.05) is 18.9 Å². The van der Waals surface area contributed by atoms with Crippen LogP contribution in [-0.2, 0) is 6.42 Å². The molecular weight excluding hydrogens is 422 g/mol. The Bertz CT molecular complexity index is 1300. The van der Waals surface area contributed by atoms with Crippen molar-refractivity contribution >= 4 is 40.1 Å². The van der Waals surface area contributed by atoms with Crippen molar-refractivity contribution in [3.05, 3.63) is 82.1 Å². The Morgan fingerprint density at radius 2 is 1.88 bits per heavy atom. The summed E-state index contributed by atoms with van der Waals surface area (Å²) in [6.45, 7) is 4.34. The molecule has 0 aliphatic heterocycles. The molecule has 7 nitrogen and oxygen atoms in total. The van der Waals surface area contributed by atoms with Gasteiger partial charge in [-0.1, -0.05) is 18.2 Å². The summed E-state index contributed by atoms with van der Waals surface area (Å²) in [6.07, 6.45) is 2.20. The van der Waals surface area contributed by atoms with Gasteiger partial charge in [0.05, 0.1) is 28.0 Å². The molecule has 1 N–H and O–H groups in total. The van der Waals surface area contributed by atoms with Crippen LogP contribution in [0.2, 0.25) is 0 Å². The number of fused-ring (bicyclic) bond motifs is 1. The summed E-state index contributed by atoms with van der Waals surface area (Å²) in [5.74, 6) is -0.346. The molecule has 0 atom stereocenters. The topological polar surface area (TPSA) is 88.1 Å². The van der Waals surface area contributed by atoms with Crippen molar-refractivity contribution in [3.63, 3.8) is 0 Å². The molecule has 2 amide bonds. The lowest BCUT2D eigenvalue weighted by Crippen LogP contribution is -2.26. The van der Waals surface area contributed by atoms with Gasteiger partial charge in [-0.25, -0.2) is 4.98 Å². The average molecular weight is 446 g/mol. The van der Waals surface area contributed by atoms with Gasteiger partial charge in [-0.05, 0) is 55.7 Å². The maximum Gasteiger partial charge on any atom is 0.258 e. The molecule has 2 aromatic carbocycles. The Hall–Kier alpha value is -3.65. The maximum absolute atomic E-state index is 13.1. The van der Waals surface area contributed by atoms with Crippen LogP contribution >= 0.6 is 11.5 Å². The molecule has 162 valence electrons. The first kappa shape index (κ1) is 21.6. The highest BCUT2D eigenvalue weighted by Gasteiger charge is 2.20. The number of para-hydroxylation sites is 2. The molecule has 0 aliphatic rings. The average Bonchev–Trinajstić information content (AvgIpc) is 3.18. The largest absolute Gasteiger partial charge is 0.342 e. The Morgan fingerprint density at radius 1 is 1.09 bits per heavy atom. The van der Waals surface area contributed by atoms with Gasteiger partial charge in [-0.3, -0.25) is 14.6 Å². The number of amides is 2. The zero-order chi connectivity index (χ0) is 22.7. The molecule has 0 radical (unpaired) electrons. The Labute approximate surface area is 190 Å². The van der Waals surface area contributed by atoms with Gasteiger partial charge >= 0.3 is 0 Å². The van der Waals surface area contributed by atoms with Gasteiger partial charge in [0.25, 0.3) is 11.8 Å². The minimum Gasteiger partial charge on any atom is -0.342 e. The first-order chi connectivity index (χ1) is 15.5. The summed E-state index contributed by atoms with van der Waals surface area (Å²) in [7, 11) is 1.75. The fourth-order valence-corrected chi connectivity index (χ4v) is 4.24. The van der Waals surface area contributed by atoms with Crippen LogP contribution in [0.15, 0.2) is 54.7 Å².